The smallest absolute Gasteiger partial charge is 0.227 e. The van der Waals surface area contributed by atoms with Gasteiger partial charge in [0.1, 0.15) is 0 Å². The third kappa shape index (κ3) is 9.11. The van der Waals surface area contributed by atoms with Crippen molar-refractivity contribution in [3.05, 3.63) is 34.9 Å². The molecule has 1 atom stereocenters. The summed E-state index contributed by atoms with van der Waals surface area (Å²) in [5.74, 6) is 1.58. The molecule has 1 heterocycles. The Morgan fingerprint density at radius 3 is 2.65 bits per heavy atom. The molecular weight excluding hydrogens is 531 g/mol. The van der Waals surface area contributed by atoms with Crippen molar-refractivity contribution in [1.82, 2.24) is 15.1 Å². The average Bonchev–Trinajstić information content (AvgIpc) is 3.56. The van der Waals surface area contributed by atoms with Gasteiger partial charge >= 0.3 is 0 Å². The number of halogens is 2. The van der Waals surface area contributed by atoms with E-state index in [4.69, 9.17) is 16.3 Å². The molecule has 1 saturated heterocycles. The number of hydrogen-bond acceptors (Lipinski definition) is 4. The van der Waals surface area contributed by atoms with Crippen LogP contribution in [0, 0.1) is 5.92 Å². The van der Waals surface area contributed by atoms with Crippen LogP contribution in [-0.4, -0.2) is 85.4 Å². The van der Waals surface area contributed by atoms with Crippen molar-refractivity contribution in [3.63, 3.8) is 0 Å². The number of nitrogens with zero attached hydrogens (tertiary/aromatic N) is 3. The van der Waals surface area contributed by atoms with Crippen molar-refractivity contribution in [3.8, 4) is 0 Å². The SMILES string of the molecule is CCNC(=NCC(O)COCC1CC1)N1CCN(C(=O)Cc2cccc(Cl)c2)CC1.I. The number of piperazine rings is 1. The molecule has 1 aliphatic carbocycles. The summed E-state index contributed by atoms with van der Waals surface area (Å²) >= 11 is 6.02. The van der Waals surface area contributed by atoms with E-state index in [0.29, 0.717) is 56.7 Å². The Balaban J connectivity index is 0.00000341. The fraction of sp³-hybridized carbons (Fsp3) is 0.636. The lowest BCUT2D eigenvalue weighted by molar-refractivity contribution is -0.131. The highest BCUT2D eigenvalue weighted by Gasteiger charge is 2.24. The quantitative estimate of drug-likeness (QED) is 0.274. The molecule has 174 valence electrons. The van der Waals surface area contributed by atoms with Crippen LogP contribution in [0.1, 0.15) is 25.3 Å². The van der Waals surface area contributed by atoms with E-state index in [1.807, 2.05) is 36.1 Å². The highest BCUT2D eigenvalue weighted by molar-refractivity contribution is 14.0. The number of ether oxygens (including phenoxy) is 1. The lowest BCUT2D eigenvalue weighted by atomic mass is 10.1. The van der Waals surface area contributed by atoms with E-state index in [-0.39, 0.29) is 29.9 Å². The summed E-state index contributed by atoms with van der Waals surface area (Å²) in [5, 5.41) is 14.1. The first kappa shape index (κ1) is 26.2. The van der Waals surface area contributed by atoms with Gasteiger partial charge in [-0.05, 0) is 43.4 Å². The zero-order valence-corrected chi connectivity index (χ0v) is 21.2. The Morgan fingerprint density at radius 2 is 2.00 bits per heavy atom. The lowest BCUT2D eigenvalue weighted by Crippen LogP contribution is -2.54. The predicted molar refractivity (Wildman–Crippen MR) is 134 cm³/mol. The van der Waals surface area contributed by atoms with E-state index in [1.165, 1.54) is 12.8 Å². The standard InChI is InChI=1S/C22H33ClN4O3.HI/c1-2-24-22(25-14-20(28)16-30-15-17-6-7-17)27-10-8-26(9-11-27)21(29)13-18-4-3-5-19(23)12-18;/h3-5,12,17,20,28H,2,6-11,13-16H2,1H3,(H,24,25);1H. The maximum absolute atomic E-state index is 12.6. The number of benzene rings is 1. The number of rotatable bonds is 9. The van der Waals surface area contributed by atoms with Gasteiger partial charge in [-0.15, -0.1) is 24.0 Å². The molecule has 31 heavy (non-hydrogen) atoms. The third-order valence-corrected chi connectivity index (χ3v) is 5.56. The van der Waals surface area contributed by atoms with E-state index in [2.05, 4.69) is 15.2 Å². The highest BCUT2D eigenvalue weighted by Crippen LogP contribution is 2.28. The maximum Gasteiger partial charge on any atom is 0.227 e. The van der Waals surface area contributed by atoms with E-state index in [0.717, 1.165) is 24.7 Å². The number of amides is 1. The molecule has 1 aromatic rings. The minimum atomic E-state index is -0.599. The summed E-state index contributed by atoms with van der Waals surface area (Å²) in [4.78, 5) is 21.2. The lowest BCUT2D eigenvalue weighted by Gasteiger charge is -2.36. The molecule has 2 aliphatic rings. The molecule has 0 radical (unpaired) electrons. The van der Waals surface area contributed by atoms with Gasteiger partial charge in [-0.1, -0.05) is 23.7 Å². The first-order valence-corrected chi connectivity index (χ1v) is 11.2. The second-order valence-corrected chi connectivity index (χ2v) is 8.44. The number of hydrogen-bond donors (Lipinski definition) is 2. The van der Waals surface area contributed by atoms with Gasteiger partial charge in [0.05, 0.1) is 25.7 Å². The zero-order valence-electron chi connectivity index (χ0n) is 18.1. The predicted octanol–water partition coefficient (Wildman–Crippen LogP) is 2.40. The number of aliphatic hydroxyl groups excluding tert-OH is 1. The molecule has 1 aliphatic heterocycles. The van der Waals surface area contributed by atoms with Gasteiger partial charge in [-0.25, -0.2) is 0 Å². The minimum Gasteiger partial charge on any atom is -0.389 e. The van der Waals surface area contributed by atoms with Gasteiger partial charge in [0.2, 0.25) is 5.91 Å². The van der Waals surface area contributed by atoms with Gasteiger partial charge in [0, 0.05) is 44.4 Å². The van der Waals surface area contributed by atoms with Crippen LogP contribution in [-0.2, 0) is 16.0 Å². The van der Waals surface area contributed by atoms with Crippen molar-refractivity contribution < 1.29 is 14.6 Å². The van der Waals surface area contributed by atoms with Crippen LogP contribution in [0.3, 0.4) is 0 Å². The molecule has 0 bridgehead atoms. The van der Waals surface area contributed by atoms with Crippen molar-refractivity contribution in [2.45, 2.75) is 32.3 Å². The van der Waals surface area contributed by atoms with Crippen molar-refractivity contribution in [2.24, 2.45) is 10.9 Å². The molecule has 2 N–H and O–H groups in total. The van der Waals surface area contributed by atoms with Crippen molar-refractivity contribution >= 4 is 47.4 Å². The number of carbonyl (C=O) groups is 1. The molecule has 1 amide bonds. The highest BCUT2D eigenvalue weighted by atomic mass is 127. The molecule has 7 nitrogen and oxygen atoms in total. The number of carbonyl (C=O) groups excluding carboxylic acids is 1. The molecule has 1 unspecified atom stereocenters. The molecule has 3 rings (SSSR count). The molecule has 0 spiro atoms. The molecule has 0 aromatic heterocycles. The Kier molecular flexibility index (Phi) is 11.3. The number of aliphatic hydroxyl groups is 1. The van der Waals surface area contributed by atoms with Crippen molar-refractivity contribution in [2.75, 3.05) is 52.5 Å². The van der Waals surface area contributed by atoms with Crippen LogP contribution in [0.4, 0.5) is 0 Å². The average molecular weight is 565 g/mol. The summed E-state index contributed by atoms with van der Waals surface area (Å²) < 4.78 is 5.55. The second-order valence-electron chi connectivity index (χ2n) is 8.00. The minimum absolute atomic E-state index is 0. The zero-order chi connectivity index (χ0) is 21.3. The van der Waals surface area contributed by atoms with Crippen LogP contribution in [0.2, 0.25) is 5.02 Å². The fourth-order valence-corrected chi connectivity index (χ4v) is 3.64. The first-order valence-electron chi connectivity index (χ1n) is 10.9. The van der Waals surface area contributed by atoms with E-state index in [1.54, 1.807) is 0 Å². The summed E-state index contributed by atoms with van der Waals surface area (Å²) in [5.41, 5.74) is 0.933. The van der Waals surface area contributed by atoms with E-state index in [9.17, 15) is 9.90 Å². The third-order valence-electron chi connectivity index (χ3n) is 5.32. The summed E-state index contributed by atoms with van der Waals surface area (Å²) in [6, 6.07) is 7.44. The van der Waals surface area contributed by atoms with Gasteiger partial charge in [-0.3, -0.25) is 9.79 Å². The monoisotopic (exact) mass is 564 g/mol. The molecule has 1 aromatic carbocycles. The Labute approximate surface area is 207 Å². The molecule has 2 fully saturated rings. The van der Waals surface area contributed by atoms with Crippen LogP contribution in [0.25, 0.3) is 0 Å². The van der Waals surface area contributed by atoms with Gasteiger partial charge in [0.25, 0.3) is 0 Å². The molecule has 9 heteroatoms. The summed E-state index contributed by atoms with van der Waals surface area (Å²) in [7, 11) is 0. The number of aliphatic imine (C=N–C) groups is 1. The van der Waals surface area contributed by atoms with Crippen molar-refractivity contribution in [1.29, 1.82) is 0 Å². The Morgan fingerprint density at radius 1 is 1.29 bits per heavy atom. The summed E-state index contributed by atoms with van der Waals surface area (Å²) in [6.45, 7) is 6.87. The Bertz CT molecular complexity index is 724. The van der Waals surface area contributed by atoms with Crippen LogP contribution >= 0.6 is 35.6 Å². The number of guanidine groups is 1. The topological polar surface area (TPSA) is 77.4 Å². The largest absolute Gasteiger partial charge is 0.389 e. The van der Waals surface area contributed by atoms with Gasteiger partial charge in [-0.2, -0.15) is 0 Å². The van der Waals surface area contributed by atoms with Crippen LogP contribution in [0.15, 0.2) is 29.3 Å². The van der Waals surface area contributed by atoms with Gasteiger partial charge < -0.3 is 25.0 Å². The molecular formula is C22H34ClIN4O3. The van der Waals surface area contributed by atoms with E-state index < -0.39 is 6.10 Å². The normalized spacial score (nSPS) is 17.8. The summed E-state index contributed by atoms with van der Waals surface area (Å²) in [6.07, 6.45) is 2.25. The van der Waals surface area contributed by atoms with Gasteiger partial charge in [0.15, 0.2) is 5.96 Å². The van der Waals surface area contributed by atoms with Crippen LogP contribution < -0.4 is 5.32 Å². The maximum atomic E-state index is 12.6. The number of nitrogens with one attached hydrogen (secondary N) is 1. The Hall–Kier alpha value is -1.10. The first-order chi connectivity index (χ1) is 14.5. The fourth-order valence-electron chi connectivity index (χ4n) is 3.43. The van der Waals surface area contributed by atoms with Crippen LogP contribution in [0.5, 0.6) is 0 Å². The molecule has 1 saturated carbocycles. The second kappa shape index (κ2) is 13.4. The van der Waals surface area contributed by atoms with E-state index >= 15 is 0 Å².